The van der Waals surface area contributed by atoms with E-state index in [1.807, 2.05) is 7.11 Å². The van der Waals surface area contributed by atoms with Crippen molar-refractivity contribution in [3.8, 4) is 0 Å². The maximum absolute atomic E-state index is 5.44. The molecule has 0 unspecified atom stereocenters. The number of unbranched alkanes of at least 4 members (excludes halogenated alkanes) is 2. The maximum atomic E-state index is 5.44. The first-order chi connectivity index (χ1) is 5.12. The van der Waals surface area contributed by atoms with Crippen LogP contribution >= 0.6 is 12.6 Å². The van der Waals surface area contributed by atoms with Crippen LogP contribution < -0.4 is 0 Å². The third-order valence-electron chi connectivity index (χ3n) is 1.99. The molecule has 0 aromatic rings. The zero-order chi connectivity index (χ0) is 8.74. The van der Waals surface area contributed by atoms with E-state index in [0.29, 0.717) is 0 Å². The van der Waals surface area contributed by atoms with Crippen LogP contribution in [0.15, 0.2) is 0 Å². The van der Waals surface area contributed by atoms with Crippen LogP contribution in [-0.4, -0.2) is 21.2 Å². The van der Waals surface area contributed by atoms with Gasteiger partial charge < -0.3 is 4.43 Å². The molecule has 0 aromatic heterocycles. The summed E-state index contributed by atoms with van der Waals surface area (Å²) in [6.07, 6.45) is 3.87. The van der Waals surface area contributed by atoms with Crippen molar-refractivity contribution in [3.05, 3.63) is 0 Å². The van der Waals surface area contributed by atoms with Crippen LogP contribution in [0.2, 0.25) is 19.1 Å². The Bertz CT molecular complexity index is 96.1. The maximum Gasteiger partial charge on any atom is 0.186 e. The van der Waals surface area contributed by atoms with Crippen LogP contribution in [0.25, 0.3) is 0 Å². The molecule has 0 fully saturated rings. The Balaban J connectivity index is 3.23. The van der Waals surface area contributed by atoms with Crippen LogP contribution in [0.5, 0.6) is 0 Å². The fourth-order valence-electron chi connectivity index (χ4n) is 0.941. The van der Waals surface area contributed by atoms with Crippen molar-refractivity contribution in [3.63, 3.8) is 0 Å². The van der Waals surface area contributed by atoms with Gasteiger partial charge in [0.25, 0.3) is 0 Å². The molecule has 0 N–H and O–H groups in total. The van der Waals surface area contributed by atoms with Gasteiger partial charge in [-0.3, -0.25) is 0 Å². The molecule has 68 valence electrons. The number of thiol groups is 1. The zero-order valence-electron chi connectivity index (χ0n) is 7.89. The van der Waals surface area contributed by atoms with Gasteiger partial charge in [0.2, 0.25) is 0 Å². The van der Waals surface area contributed by atoms with E-state index in [2.05, 4.69) is 25.7 Å². The zero-order valence-corrected chi connectivity index (χ0v) is 9.79. The Morgan fingerprint density at radius 3 is 2.27 bits per heavy atom. The highest BCUT2D eigenvalue weighted by Gasteiger charge is 2.18. The second kappa shape index (κ2) is 6.09. The minimum Gasteiger partial charge on any atom is -0.420 e. The van der Waals surface area contributed by atoms with Gasteiger partial charge in [-0.1, -0.05) is 12.8 Å². The molecule has 0 bridgehead atoms. The second-order valence-electron chi connectivity index (χ2n) is 3.50. The van der Waals surface area contributed by atoms with Crippen molar-refractivity contribution < 1.29 is 4.43 Å². The van der Waals surface area contributed by atoms with Crippen LogP contribution in [0.3, 0.4) is 0 Å². The Labute approximate surface area is 77.1 Å². The van der Waals surface area contributed by atoms with Crippen molar-refractivity contribution in [2.75, 3.05) is 12.9 Å². The molecule has 0 spiro atoms. The van der Waals surface area contributed by atoms with Crippen molar-refractivity contribution in [1.82, 2.24) is 0 Å². The predicted molar refractivity (Wildman–Crippen MR) is 57.0 cm³/mol. The summed E-state index contributed by atoms with van der Waals surface area (Å²) in [5.74, 6) is 1.02. The van der Waals surface area contributed by atoms with Crippen LogP contribution in [-0.2, 0) is 4.43 Å². The van der Waals surface area contributed by atoms with Gasteiger partial charge >= 0.3 is 0 Å². The number of hydrogen-bond acceptors (Lipinski definition) is 2. The largest absolute Gasteiger partial charge is 0.420 e. The smallest absolute Gasteiger partial charge is 0.186 e. The lowest BCUT2D eigenvalue weighted by molar-refractivity contribution is 0.401. The summed E-state index contributed by atoms with van der Waals surface area (Å²) in [6.45, 7) is 4.54. The molecule has 0 aliphatic carbocycles. The molecule has 0 atom stereocenters. The minimum absolute atomic E-state index is 1.02. The highest BCUT2D eigenvalue weighted by Crippen LogP contribution is 2.14. The third-order valence-corrected chi connectivity index (χ3v) is 4.97. The van der Waals surface area contributed by atoms with E-state index in [-0.39, 0.29) is 0 Å². The van der Waals surface area contributed by atoms with Gasteiger partial charge in [0, 0.05) is 7.11 Å². The number of rotatable bonds is 6. The highest BCUT2D eigenvalue weighted by atomic mass is 32.1. The average molecular weight is 192 g/mol. The molecule has 3 heteroatoms. The summed E-state index contributed by atoms with van der Waals surface area (Å²) in [4.78, 5) is 0. The minimum atomic E-state index is -1.25. The van der Waals surface area contributed by atoms with Crippen LogP contribution in [0.1, 0.15) is 19.3 Å². The molecule has 0 saturated carbocycles. The molecular weight excluding hydrogens is 172 g/mol. The Morgan fingerprint density at radius 2 is 1.82 bits per heavy atom. The predicted octanol–water partition coefficient (Wildman–Crippen LogP) is 2.94. The molecule has 0 aliphatic heterocycles. The Morgan fingerprint density at radius 1 is 1.18 bits per heavy atom. The van der Waals surface area contributed by atoms with Crippen LogP contribution in [0.4, 0.5) is 0 Å². The van der Waals surface area contributed by atoms with Crippen LogP contribution in [0, 0.1) is 0 Å². The van der Waals surface area contributed by atoms with E-state index in [0.717, 1.165) is 5.75 Å². The lowest BCUT2D eigenvalue weighted by Gasteiger charge is -2.19. The van der Waals surface area contributed by atoms with Crippen molar-refractivity contribution in [2.45, 2.75) is 38.4 Å². The van der Waals surface area contributed by atoms with Gasteiger partial charge in [0.05, 0.1) is 0 Å². The van der Waals surface area contributed by atoms with Gasteiger partial charge in [-0.05, 0) is 31.3 Å². The number of hydrogen-bond donors (Lipinski definition) is 1. The van der Waals surface area contributed by atoms with Crippen molar-refractivity contribution >= 4 is 20.9 Å². The molecule has 0 saturated heterocycles. The summed E-state index contributed by atoms with van der Waals surface area (Å²) in [6, 6.07) is 1.29. The van der Waals surface area contributed by atoms with E-state index in [9.17, 15) is 0 Å². The molecule has 0 aliphatic rings. The molecule has 11 heavy (non-hydrogen) atoms. The summed E-state index contributed by atoms with van der Waals surface area (Å²) >= 11 is 4.17. The first-order valence-corrected chi connectivity index (χ1v) is 8.03. The van der Waals surface area contributed by atoms with E-state index < -0.39 is 8.32 Å². The van der Waals surface area contributed by atoms with E-state index >= 15 is 0 Å². The van der Waals surface area contributed by atoms with Gasteiger partial charge in [0.1, 0.15) is 0 Å². The first-order valence-electron chi connectivity index (χ1n) is 4.28. The molecule has 0 amide bonds. The SMILES string of the molecule is CO[Si](C)(C)CCCCCS. The van der Waals surface area contributed by atoms with E-state index in [4.69, 9.17) is 4.43 Å². The fourth-order valence-corrected chi connectivity index (χ4v) is 2.47. The lowest BCUT2D eigenvalue weighted by atomic mass is 10.3. The highest BCUT2D eigenvalue weighted by molar-refractivity contribution is 7.80. The monoisotopic (exact) mass is 192 g/mol. The summed E-state index contributed by atoms with van der Waals surface area (Å²) in [5, 5.41) is 0. The standard InChI is InChI=1S/C8H20OSSi/c1-9-11(2,3)8-6-4-5-7-10/h10H,4-8H2,1-3H3. The van der Waals surface area contributed by atoms with E-state index in [1.165, 1.54) is 25.3 Å². The molecule has 0 heterocycles. The molecule has 1 nitrogen and oxygen atoms in total. The first kappa shape index (κ1) is 11.5. The van der Waals surface area contributed by atoms with Gasteiger partial charge in [0.15, 0.2) is 8.32 Å². The van der Waals surface area contributed by atoms with Gasteiger partial charge in [-0.25, -0.2) is 0 Å². The summed E-state index contributed by atoms with van der Waals surface area (Å²) in [7, 11) is 0.586. The van der Waals surface area contributed by atoms with Gasteiger partial charge in [-0.15, -0.1) is 0 Å². The van der Waals surface area contributed by atoms with Crippen molar-refractivity contribution in [2.24, 2.45) is 0 Å². The average Bonchev–Trinajstić information content (AvgIpc) is 1.99. The fraction of sp³-hybridized carbons (Fsp3) is 1.00. The summed E-state index contributed by atoms with van der Waals surface area (Å²) < 4.78 is 5.44. The van der Waals surface area contributed by atoms with E-state index in [1.54, 1.807) is 0 Å². The lowest BCUT2D eigenvalue weighted by Crippen LogP contribution is -2.27. The Kier molecular flexibility index (Phi) is 6.38. The van der Waals surface area contributed by atoms with Gasteiger partial charge in [-0.2, -0.15) is 12.6 Å². The Hall–Kier alpha value is 0.527. The van der Waals surface area contributed by atoms with Crippen molar-refractivity contribution in [1.29, 1.82) is 0 Å². The molecule has 0 radical (unpaired) electrons. The quantitative estimate of drug-likeness (QED) is 0.387. The molecular formula is C8H20OSSi. The third kappa shape index (κ3) is 6.91. The second-order valence-corrected chi connectivity index (χ2v) is 8.37. The molecule has 0 rings (SSSR count). The molecule has 0 aromatic carbocycles. The normalized spacial score (nSPS) is 12.0. The summed E-state index contributed by atoms with van der Waals surface area (Å²) in [5.41, 5.74) is 0. The topological polar surface area (TPSA) is 9.23 Å².